The molecule has 6 nitrogen and oxygen atoms in total. The van der Waals surface area contributed by atoms with Gasteiger partial charge in [0.15, 0.2) is 0 Å². The summed E-state index contributed by atoms with van der Waals surface area (Å²) in [6, 6.07) is 6.45. The van der Waals surface area contributed by atoms with Gasteiger partial charge < -0.3 is 15.1 Å². The van der Waals surface area contributed by atoms with Gasteiger partial charge in [-0.15, -0.1) is 0 Å². The summed E-state index contributed by atoms with van der Waals surface area (Å²) < 4.78 is 0. The summed E-state index contributed by atoms with van der Waals surface area (Å²) in [5, 5.41) is 11.7. The number of likely N-dealkylation sites (N-methyl/N-ethyl adjacent to an activating group) is 1. The van der Waals surface area contributed by atoms with Gasteiger partial charge in [-0.2, -0.15) is 5.26 Å². The highest BCUT2D eigenvalue weighted by molar-refractivity contribution is 6.39. The summed E-state index contributed by atoms with van der Waals surface area (Å²) in [7, 11) is 0. The zero-order valence-corrected chi connectivity index (χ0v) is 13.1. The highest BCUT2D eigenvalue weighted by Gasteiger charge is 2.25. The highest BCUT2D eigenvalue weighted by atomic mass is 35.5. The van der Waals surface area contributed by atoms with Crippen molar-refractivity contribution >= 4 is 29.1 Å². The van der Waals surface area contributed by atoms with Gasteiger partial charge in [0.1, 0.15) is 6.07 Å². The molecule has 0 atom stereocenters. The molecule has 0 bridgehead atoms. The quantitative estimate of drug-likeness (QED) is 0.834. The SMILES string of the molecule is CCN1CCN(C(=O)C(=O)Nc2ccc(Cl)c(C#N)c2)CC1. The van der Waals surface area contributed by atoms with Crippen LogP contribution in [0, 0.1) is 11.3 Å². The topological polar surface area (TPSA) is 76.4 Å². The molecule has 0 aromatic heterocycles. The smallest absolute Gasteiger partial charge is 0.313 e. The molecule has 7 heteroatoms. The zero-order valence-electron chi connectivity index (χ0n) is 12.3. The number of nitrogens with one attached hydrogen (secondary N) is 1. The summed E-state index contributed by atoms with van der Waals surface area (Å²) >= 11 is 5.83. The molecule has 0 aliphatic carbocycles. The molecule has 1 aromatic rings. The van der Waals surface area contributed by atoms with Crippen molar-refractivity contribution in [3.63, 3.8) is 0 Å². The Balaban J connectivity index is 1.97. The standard InChI is InChI=1S/C15H17ClN4O2/c1-2-19-5-7-20(8-6-19)15(22)14(21)18-12-3-4-13(16)11(9-12)10-17/h3-4,9H,2,5-8H2,1H3,(H,18,21). The third-order valence-electron chi connectivity index (χ3n) is 3.65. The molecule has 1 aliphatic rings. The molecular formula is C15H17ClN4O2. The summed E-state index contributed by atoms with van der Waals surface area (Å²) in [6.45, 7) is 5.64. The second-order valence-electron chi connectivity index (χ2n) is 4.99. The largest absolute Gasteiger partial charge is 0.332 e. The normalized spacial score (nSPS) is 15.2. The van der Waals surface area contributed by atoms with Gasteiger partial charge in [0.2, 0.25) is 0 Å². The van der Waals surface area contributed by atoms with Crippen molar-refractivity contribution in [3.05, 3.63) is 28.8 Å². The molecule has 0 saturated carbocycles. The van der Waals surface area contributed by atoms with E-state index in [1.165, 1.54) is 12.1 Å². The fourth-order valence-corrected chi connectivity index (χ4v) is 2.44. The van der Waals surface area contributed by atoms with Crippen LogP contribution < -0.4 is 5.32 Å². The Morgan fingerprint density at radius 1 is 1.32 bits per heavy atom. The van der Waals surface area contributed by atoms with E-state index in [0.29, 0.717) is 23.8 Å². The molecule has 1 fully saturated rings. The first-order valence-corrected chi connectivity index (χ1v) is 7.45. The molecule has 1 aliphatic heterocycles. The van der Waals surface area contributed by atoms with Crippen LogP contribution in [0.15, 0.2) is 18.2 Å². The molecular weight excluding hydrogens is 304 g/mol. The Hall–Kier alpha value is -2.10. The van der Waals surface area contributed by atoms with Crippen LogP contribution in [-0.2, 0) is 9.59 Å². The van der Waals surface area contributed by atoms with Crippen molar-refractivity contribution in [2.24, 2.45) is 0 Å². The van der Waals surface area contributed by atoms with Crippen LogP contribution in [0.2, 0.25) is 5.02 Å². The molecule has 1 saturated heterocycles. The van der Waals surface area contributed by atoms with Crippen molar-refractivity contribution in [3.8, 4) is 6.07 Å². The Morgan fingerprint density at radius 3 is 2.59 bits per heavy atom. The maximum Gasteiger partial charge on any atom is 0.313 e. The van der Waals surface area contributed by atoms with E-state index in [-0.39, 0.29) is 5.56 Å². The number of anilines is 1. The first-order valence-electron chi connectivity index (χ1n) is 7.07. The summed E-state index contributed by atoms with van der Waals surface area (Å²) in [5.74, 6) is -1.25. The minimum absolute atomic E-state index is 0.253. The predicted octanol–water partition coefficient (Wildman–Crippen LogP) is 1.31. The van der Waals surface area contributed by atoms with Gasteiger partial charge in [-0.1, -0.05) is 18.5 Å². The van der Waals surface area contributed by atoms with Gasteiger partial charge in [-0.25, -0.2) is 0 Å². The van der Waals surface area contributed by atoms with E-state index in [1.54, 1.807) is 11.0 Å². The Labute approximate surface area is 134 Å². The molecule has 1 heterocycles. The monoisotopic (exact) mass is 320 g/mol. The summed E-state index contributed by atoms with van der Waals surface area (Å²) in [4.78, 5) is 27.9. The maximum absolute atomic E-state index is 12.1. The number of halogens is 1. The number of carbonyl (C=O) groups is 2. The number of benzene rings is 1. The van der Waals surface area contributed by atoms with Crippen molar-refractivity contribution < 1.29 is 9.59 Å². The third kappa shape index (κ3) is 3.75. The molecule has 116 valence electrons. The lowest BCUT2D eigenvalue weighted by Crippen LogP contribution is -2.51. The van der Waals surface area contributed by atoms with Crippen LogP contribution in [-0.4, -0.2) is 54.3 Å². The van der Waals surface area contributed by atoms with Crippen LogP contribution in [0.4, 0.5) is 5.69 Å². The average Bonchev–Trinajstić information content (AvgIpc) is 2.55. The van der Waals surface area contributed by atoms with E-state index < -0.39 is 11.8 Å². The fraction of sp³-hybridized carbons (Fsp3) is 0.400. The first kappa shape index (κ1) is 16.3. The van der Waals surface area contributed by atoms with Crippen LogP contribution in [0.3, 0.4) is 0 Å². The molecule has 0 unspecified atom stereocenters. The van der Waals surface area contributed by atoms with E-state index in [1.807, 2.05) is 6.07 Å². The van der Waals surface area contributed by atoms with Crippen LogP contribution in [0.25, 0.3) is 0 Å². The second kappa shape index (κ2) is 7.25. The van der Waals surface area contributed by atoms with Gasteiger partial charge >= 0.3 is 11.8 Å². The van der Waals surface area contributed by atoms with E-state index in [9.17, 15) is 9.59 Å². The number of carbonyl (C=O) groups excluding carboxylic acids is 2. The van der Waals surface area contributed by atoms with Gasteiger partial charge in [0.25, 0.3) is 0 Å². The van der Waals surface area contributed by atoms with Crippen molar-refractivity contribution in [2.75, 3.05) is 38.0 Å². The lowest BCUT2D eigenvalue weighted by Gasteiger charge is -2.33. The molecule has 2 amide bonds. The lowest BCUT2D eigenvalue weighted by molar-refractivity contribution is -0.144. The van der Waals surface area contributed by atoms with Gasteiger partial charge in [-0.05, 0) is 24.7 Å². The fourth-order valence-electron chi connectivity index (χ4n) is 2.28. The predicted molar refractivity (Wildman–Crippen MR) is 83.5 cm³/mol. The van der Waals surface area contributed by atoms with Gasteiger partial charge in [0.05, 0.1) is 10.6 Å². The number of nitriles is 1. The Morgan fingerprint density at radius 2 is 2.00 bits per heavy atom. The van der Waals surface area contributed by atoms with Crippen LogP contribution in [0.1, 0.15) is 12.5 Å². The zero-order chi connectivity index (χ0) is 16.1. The van der Waals surface area contributed by atoms with Crippen molar-refractivity contribution in [1.82, 2.24) is 9.80 Å². The van der Waals surface area contributed by atoms with Crippen molar-refractivity contribution in [1.29, 1.82) is 5.26 Å². The average molecular weight is 321 g/mol. The number of hydrogen-bond donors (Lipinski definition) is 1. The van der Waals surface area contributed by atoms with Crippen molar-refractivity contribution in [2.45, 2.75) is 6.92 Å². The second-order valence-corrected chi connectivity index (χ2v) is 5.39. The first-order chi connectivity index (χ1) is 10.5. The molecule has 0 radical (unpaired) electrons. The van der Waals surface area contributed by atoms with Crippen LogP contribution in [0.5, 0.6) is 0 Å². The molecule has 22 heavy (non-hydrogen) atoms. The Bertz CT molecular complexity index is 618. The Kier molecular flexibility index (Phi) is 5.36. The van der Waals surface area contributed by atoms with Crippen LogP contribution >= 0.6 is 11.6 Å². The minimum Gasteiger partial charge on any atom is -0.332 e. The van der Waals surface area contributed by atoms with E-state index in [4.69, 9.17) is 16.9 Å². The molecule has 1 N–H and O–H groups in total. The molecule has 2 rings (SSSR count). The number of rotatable bonds is 2. The number of piperazine rings is 1. The number of hydrogen-bond acceptors (Lipinski definition) is 4. The third-order valence-corrected chi connectivity index (χ3v) is 3.98. The van der Waals surface area contributed by atoms with E-state index in [0.717, 1.165) is 19.6 Å². The van der Waals surface area contributed by atoms with E-state index >= 15 is 0 Å². The highest BCUT2D eigenvalue weighted by Crippen LogP contribution is 2.19. The maximum atomic E-state index is 12.1. The summed E-state index contributed by atoms with van der Waals surface area (Å²) in [6.07, 6.45) is 0. The summed E-state index contributed by atoms with van der Waals surface area (Å²) in [5.41, 5.74) is 0.634. The van der Waals surface area contributed by atoms with Gasteiger partial charge in [0, 0.05) is 31.9 Å². The van der Waals surface area contributed by atoms with Gasteiger partial charge in [-0.3, -0.25) is 9.59 Å². The minimum atomic E-state index is -0.698. The molecule has 1 aromatic carbocycles. The van der Waals surface area contributed by atoms with E-state index in [2.05, 4.69) is 17.1 Å². The number of nitrogens with zero attached hydrogens (tertiary/aromatic N) is 3. The molecule has 0 spiro atoms. The lowest BCUT2D eigenvalue weighted by atomic mass is 10.2. The number of amides is 2.